The Hall–Kier alpha value is -1.49. The van der Waals surface area contributed by atoms with Crippen molar-refractivity contribution in [2.24, 2.45) is 0 Å². The average molecular weight is 338 g/mol. The third kappa shape index (κ3) is 3.33. The smallest absolute Gasteiger partial charge is 0.146 e. The van der Waals surface area contributed by atoms with Crippen molar-refractivity contribution in [2.45, 2.75) is 26.7 Å². The molecule has 0 atom stereocenters. The molecule has 0 radical (unpaired) electrons. The van der Waals surface area contributed by atoms with Crippen LogP contribution in [-0.2, 0) is 6.42 Å². The van der Waals surface area contributed by atoms with Gasteiger partial charge in [0.1, 0.15) is 17.5 Å². The summed E-state index contributed by atoms with van der Waals surface area (Å²) in [5.74, 6) is 1.18. The molecule has 0 amide bonds. The van der Waals surface area contributed by atoms with E-state index < -0.39 is 0 Å². The maximum atomic E-state index is 14.2. The number of halogens is 2. The number of hydrogen-bond acceptors (Lipinski definition) is 3. The minimum atomic E-state index is -0.295. The Labute approximate surface area is 126 Å². The first-order valence-electron chi connectivity index (χ1n) is 6.72. The van der Waals surface area contributed by atoms with E-state index in [-0.39, 0.29) is 5.82 Å². The van der Waals surface area contributed by atoms with Crippen LogP contribution in [0.25, 0.3) is 11.3 Å². The van der Waals surface area contributed by atoms with E-state index in [9.17, 15) is 4.39 Å². The zero-order chi connectivity index (χ0) is 14.5. The maximum absolute atomic E-state index is 14.2. The van der Waals surface area contributed by atoms with Gasteiger partial charge in [0.2, 0.25) is 0 Å². The highest BCUT2D eigenvalue weighted by atomic mass is 79.9. The summed E-state index contributed by atoms with van der Waals surface area (Å²) in [6, 6.07) is 7.00. The molecule has 5 heteroatoms. The number of anilines is 1. The highest BCUT2D eigenvalue weighted by Crippen LogP contribution is 2.27. The van der Waals surface area contributed by atoms with Crippen LogP contribution in [0.5, 0.6) is 0 Å². The summed E-state index contributed by atoms with van der Waals surface area (Å²) in [6.07, 6.45) is 1.73. The van der Waals surface area contributed by atoms with E-state index >= 15 is 0 Å². The van der Waals surface area contributed by atoms with Gasteiger partial charge in [0.15, 0.2) is 0 Å². The lowest BCUT2D eigenvalue weighted by Crippen LogP contribution is -2.05. The standard InChI is InChI=1S/C15H17BrFN3/c1-3-6-13-19-12(9-14(20-13)18-4-2)10-7-5-8-11(16)15(10)17/h5,7-9H,3-4,6H2,1-2H3,(H,18,19,20). The first-order chi connectivity index (χ1) is 9.65. The molecule has 0 saturated heterocycles. The van der Waals surface area contributed by atoms with Crippen LogP contribution in [0.2, 0.25) is 0 Å². The molecule has 0 aliphatic heterocycles. The van der Waals surface area contributed by atoms with Crippen molar-refractivity contribution in [3.8, 4) is 11.3 Å². The molecule has 0 unspecified atom stereocenters. The number of hydrogen-bond donors (Lipinski definition) is 1. The van der Waals surface area contributed by atoms with Crippen molar-refractivity contribution in [2.75, 3.05) is 11.9 Å². The SMILES string of the molecule is CCCc1nc(NCC)cc(-c2cccc(Br)c2F)n1. The molecule has 0 bridgehead atoms. The summed E-state index contributed by atoms with van der Waals surface area (Å²) >= 11 is 3.21. The fourth-order valence-electron chi connectivity index (χ4n) is 1.94. The molecule has 2 aromatic rings. The second-order valence-corrected chi connectivity index (χ2v) is 5.29. The molecule has 0 fully saturated rings. The minimum Gasteiger partial charge on any atom is -0.370 e. The van der Waals surface area contributed by atoms with Gasteiger partial charge in [-0.2, -0.15) is 0 Å². The Bertz CT molecular complexity index is 577. The Morgan fingerprint density at radius 1 is 1.25 bits per heavy atom. The first-order valence-corrected chi connectivity index (χ1v) is 7.51. The van der Waals surface area contributed by atoms with Crippen molar-refractivity contribution in [3.63, 3.8) is 0 Å². The molecule has 0 aliphatic rings. The normalized spacial score (nSPS) is 10.6. The van der Waals surface area contributed by atoms with Crippen LogP contribution >= 0.6 is 15.9 Å². The van der Waals surface area contributed by atoms with Crippen LogP contribution in [0.3, 0.4) is 0 Å². The Balaban J connectivity index is 2.51. The second-order valence-electron chi connectivity index (χ2n) is 4.44. The molecule has 0 spiro atoms. The lowest BCUT2D eigenvalue weighted by molar-refractivity contribution is 0.624. The summed E-state index contributed by atoms with van der Waals surface area (Å²) in [5.41, 5.74) is 1.09. The average Bonchev–Trinajstić information content (AvgIpc) is 2.42. The molecule has 20 heavy (non-hydrogen) atoms. The largest absolute Gasteiger partial charge is 0.370 e. The van der Waals surface area contributed by atoms with Crippen LogP contribution in [0.15, 0.2) is 28.7 Å². The zero-order valence-corrected chi connectivity index (χ0v) is 13.2. The molecule has 2 rings (SSSR count). The number of aryl methyl sites for hydroxylation is 1. The molecule has 1 aromatic carbocycles. The van der Waals surface area contributed by atoms with Gasteiger partial charge in [-0.1, -0.05) is 13.0 Å². The van der Waals surface area contributed by atoms with Crippen LogP contribution < -0.4 is 5.32 Å². The predicted octanol–water partition coefficient (Wildman–Crippen LogP) is 4.43. The number of benzene rings is 1. The van der Waals surface area contributed by atoms with Crippen molar-refractivity contribution < 1.29 is 4.39 Å². The lowest BCUT2D eigenvalue weighted by atomic mass is 10.1. The molecular weight excluding hydrogens is 321 g/mol. The molecule has 1 aromatic heterocycles. The Morgan fingerprint density at radius 3 is 2.75 bits per heavy atom. The quantitative estimate of drug-likeness (QED) is 0.876. The first kappa shape index (κ1) is 14.9. The van der Waals surface area contributed by atoms with Gasteiger partial charge < -0.3 is 5.32 Å². The van der Waals surface area contributed by atoms with Gasteiger partial charge in [-0.3, -0.25) is 0 Å². The summed E-state index contributed by atoms with van der Waals surface area (Å²) in [4.78, 5) is 8.90. The van der Waals surface area contributed by atoms with Gasteiger partial charge in [-0.05, 0) is 41.4 Å². The van der Waals surface area contributed by atoms with Crippen molar-refractivity contribution in [1.82, 2.24) is 9.97 Å². The number of nitrogens with one attached hydrogen (secondary N) is 1. The van der Waals surface area contributed by atoms with Gasteiger partial charge in [0.05, 0.1) is 10.2 Å². The van der Waals surface area contributed by atoms with E-state index in [1.165, 1.54) is 0 Å². The molecule has 1 N–H and O–H groups in total. The van der Waals surface area contributed by atoms with E-state index in [2.05, 4.69) is 38.1 Å². The van der Waals surface area contributed by atoms with Crippen molar-refractivity contribution >= 4 is 21.7 Å². The van der Waals surface area contributed by atoms with E-state index in [0.29, 0.717) is 15.7 Å². The van der Waals surface area contributed by atoms with Gasteiger partial charge in [-0.15, -0.1) is 0 Å². The van der Waals surface area contributed by atoms with E-state index in [0.717, 1.165) is 31.0 Å². The highest BCUT2D eigenvalue weighted by molar-refractivity contribution is 9.10. The third-order valence-electron chi connectivity index (χ3n) is 2.83. The third-order valence-corrected chi connectivity index (χ3v) is 3.44. The van der Waals surface area contributed by atoms with Gasteiger partial charge in [0, 0.05) is 24.6 Å². The monoisotopic (exact) mass is 337 g/mol. The lowest BCUT2D eigenvalue weighted by Gasteiger charge is -2.10. The van der Waals surface area contributed by atoms with Crippen molar-refractivity contribution in [1.29, 1.82) is 0 Å². The van der Waals surface area contributed by atoms with Gasteiger partial charge in [-0.25, -0.2) is 14.4 Å². The Morgan fingerprint density at radius 2 is 2.05 bits per heavy atom. The summed E-state index contributed by atoms with van der Waals surface area (Å²) in [5, 5.41) is 3.17. The number of aromatic nitrogens is 2. The van der Waals surface area contributed by atoms with Gasteiger partial charge >= 0.3 is 0 Å². The molecule has 3 nitrogen and oxygen atoms in total. The van der Waals surface area contributed by atoms with E-state index in [4.69, 9.17) is 0 Å². The summed E-state index contributed by atoms with van der Waals surface area (Å²) in [7, 11) is 0. The molecule has 1 heterocycles. The van der Waals surface area contributed by atoms with Crippen LogP contribution in [0.1, 0.15) is 26.1 Å². The summed E-state index contributed by atoms with van der Waals surface area (Å²) < 4.78 is 14.6. The molecule has 106 valence electrons. The van der Waals surface area contributed by atoms with Crippen molar-refractivity contribution in [3.05, 3.63) is 40.4 Å². The van der Waals surface area contributed by atoms with Crippen LogP contribution in [0.4, 0.5) is 10.2 Å². The molecule has 0 aliphatic carbocycles. The fraction of sp³-hybridized carbons (Fsp3) is 0.333. The number of nitrogens with zero attached hydrogens (tertiary/aromatic N) is 2. The highest BCUT2D eigenvalue weighted by Gasteiger charge is 2.12. The second kappa shape index (κ2) is 6.79. The summed E-state index contributed by atoms with van der Waals surface area (Å²) in [6.45, 7) is 4.84. The Kier molecular flexibility index (Phi) is 5.06. The number of rotatable bonds is 5. The van der Waals surface area contributed by atoms with Crippen LogP contribution in [-0.4, -0.2) is 16.5 Å². The molecule has 0 saturated carbocycles. The van der Waals surface area contributed by atoms with Gasteiger partial charge in [0.25, 0.3) is 0 Å². The van der Waals surface area contributed by atoms with E-state index in [1.54, 1.807) is 24.3 Å². The predicted molar refractivity (Wildman–Crippen MR) is 83.3 cm³/mol. The maximum Gasteiger partial charge on any atom is 0.146 e. The fourth-order valence-corrected chi connectivity index (χ4v) is 2.31. The topological polar surface area (TPSA) is 37.8 Å². The zero-order valence-electron chi connectivity index (χ0n) is 11.6. The van der Waals surface area contributed by atoms with Crippen LogP contribution in [0, 0.1) is 5.82 Å². The van der Waals surface area contributed by atoms with E-state index in [1.807, 2.05) is 6.92 Å². The minimum absolute atomic E-state index is 0.295. The molecular formula is C15H17BrFN3.